The van der Waals surface area contributed by atoms with Crippen molar-refractivity contribution in [3.05, 3.63) is 24.3 Å². The topological polar surface area (TPSA) is 75.8 Å². The Bertz CT molecular complexity index is 444. The number of para-hydroxylation sites is 2. The number of nitrogens with zero attached hydrogens (tertiary/aromatic N) is 1. The molecule has 5 heteroatoms. The van der Waals surface area contributed by atoms with E-state index in [4.69, 9.17) is 15.6 Å². The molecule has 1 heterocycles. The number of carboxylic acid groups (broad SMARTS) is 1. The number of nitrogen functional groups attached to an aromatic ring is 1. The smallest absolute Gasteiger partial charge is 0.305 e. The molecule has 3 N–H and O–H groups in total. The monoisotopic (exact) mass is 278 g/mol. The summed E-state index contributed by atoms with van der Waals surface area (Å²) in [5.41, 5.74) is 7.57. The Morgan fingerprint density at radius 1 is 1.40 bits per heavy atom. The molecule has 5 nitrogen and oxygen atoms in total. The normalized spacial score (nSPS) is 18.7. The number of ether oxygens (including phenoxy) is 1. The van der Waals surface area contributed by atoms with Crippen LogP contribution in [0.3, 0.4) is 0 Å². The molecule has 0 bridgehead atoms. The summed E-state index contributed by atoms with van der Waals surface area (Å²) >= 11 is 0. The van der Waals surface area contributed by atoms with E-state index in [0.717, 1.165) is 25.1 Å². The number of hydrogen-bond donors (Lipinski definition) is 2. The van der Waals surface area contributed by atoms with Crippen molar-refractivity contribution < 1.29 is 14.6 Å². The fourth-order valence-corrected chi connectivity index (χ4v) is 2.51. The molecule has 1 fully saturated rings. The molecular formula is C15H22N2O3. The van der Waals surface area contributed by atoms with Crippen LogP contribution >= 0.6 is 0 Å². The van der Waals surface area contributed by atoms with Crippen LogP contribution < -0.4 is 10.6 Å². The fourth-order valence-electron chi connectivity index (χ4n) is 2.51. The Morgan fingerprint density at radius 2 is 2.20 bits per heavy atom. The van der Waals surface area contributed by atoms with Crippen molar-refractivity contribution in [3.63, 3.8) is 0 Å². The number of anilines is 2. The number of rotatable bonds is 6. The summed E-state index contributed by atoms with van der Waals surface area (Å²) in [6.07, 6.45) is 3.56. The predicted octanol–water partition coefficient (Wildman–Crippen LogP) is 2.12. The second-order valence-electron chi connectivity index (χ2n) is 5.14. The van der Waals surface area contributed by atoms with Gasteiger partial charge in [0, 0.05) is 19.7 Å². The van der Waals surface area contributed by atoms with Crippen molar-refractivity contribution in [2.75, 3.05) is 30.3 Å². The molecule has 0 aliphatic carbocycles. The van der Waals surface area contributed by atoms with Gasteiger partial charge in [0.05, 0.1) is 23.9 Å². The van der Waals surface area contributed by atoms with Gasteiger partial charge in [0.1, 0.15) is 0 Å². The second-order valence-corrected chi connectivity index (χ2v) is 5.14. The van der Waals surface area contributed by atoms with Crippen LogP contribution in [-0.2, 0) is 9.53 Å². The number of hydrogen-bond acceptors (Lipinski definition) is 4. The largest absolute Gasteiger partial charge is 0.481 e. The fraction of sp³-hybridized carbons (Fsp3) is 0.533. The lowest BCUT2D eigenvalue weighted by atomic mass is 10.1. The van der Waals surface area contributed by atoms with E-state index in [1.54, 1.807) is 0 Å². The molecule has 1 unspecified atom stereocenters. The highest BCUT2D eigenvalue weighted by Gasteiger charge is 2.19. The van der Waals surface area contributed by atoms with Gasteiger partial charge < -0.3 is 20.5 Å². The van der Waals surface area contributed by atoms with E-state index in [9.17, 15) is 4.79 Å². The molecule has 0 aromatic heterocycles. The second kappa shape index (κ2) is 7.14. The number of carboxylic acids is 1. The average Bonchev–Trinajstić information content (AvgIpc) is 2.45. The minimum Gasteiger partial charge on any atom is -0.481 e. The van der Waals surface area contributed by atoms with Crippen LogP contribution in [0.15, 0.2) is 24.3 Å². The first-order valence-corrected chi connectivity index (χ1v) is 7.09. The van der Waals surface area contributed by atoms with Gasteiger partial charge in [-0.3, -0.25) is 4.79 Å². The summed E-state index contributed by atoms with van der Waals surface area (Å²) in [5, 5.41) is 8.90. The van der Waals surface area contributed by atoms with Gasteiger partial charge in [-0.2, -0.15) is 0 Å². The van der Waals surface area contributed by atoms with Gasteiger partial charge >= 0.3 is 5.97 Å². The Kier molecular flexibility index (Phi) is 5.24. The third-order valence-electron chi connectivity index (χ3n) is 3.57. The quantitative estimate of drug-likeness (QED) is 0.779. The Morgan fingerprint density at radius 3 is 2.85 bits per heavy atom. The van der Waals surface area contributed by atoms with Gasteiger partial charge in [-0.1, -0.05) is 12.1 Å². The van der Waals surface area contributed by atoms with Crippen molar-refractivity contribution in [3.8, 4) is 0 Å². The highest BCUT2D eigenvalue weighted by atomic mass is 16.5. The van der Waals surface area contributed by atoms with E-state index < -0.39 is 5.97 Å². The van der Waals surface area contributed by atoms with Crippen molar-refractivity contribution >= 4 is 17.3 Å². The third kappa shape index (κ3) is 4.13. The SMILES string of the molecule is Nc1ccccc1N(CCC(=O)O)CC1CCCCO1. The van der Waals surface area contributed by atoms with Crippen LogP contribution in [-0.4, -0.2) is 36.9 Å². The first-order valence-electron chi connectivity index (χ1n) is 7.09. The van der Waals surface area contributed by atoms with Crippen molar-refractivity contribution in [2.45, 2.75) is 31.8 Å². The van der Waals surface area contributed by atoms with E-state index in [0.29, 0.717) is 18.8 Å². The number of benzene rings is 1. The van der Waals surface area contributed by atoms with Crippen LogP contribution in [0.5, 0.6) is 0 Å². The molecule has 0 saturated carbocycles. The molecule has 1 aromatic rings. The van der Waals surface area contributed by atoms with Gasteiger partial charge in [-0.25, -0.2) is 0 Å². The highest BCUT2D eigenvalue weighted by Crippen LogP contribution is 2.24. The van der Waals surface area contributed by atoms with Crippen molar-refractivity contribution in [1.29, 1.82) is 0 Å². The first-order chi connectivity index (χ1) is 9.66. The Balaban J connectivity index is 2.07. The summed E-state index contributed by atoms with van der Waals surface area (Å²) in [6, 6.07) is 7.57. The minimum atomic E-state index is -0.797. The third-order valence-corrected chi connectivity index (χ3v) is 3.57. The zero-order chi connectivity index (χ0) is 14.4. The molecule has 0 spiro atoms. The molecule has 0 radical (unpaired) electrons. The Labute approximate surface area is 119 Å². The van der Waals surface area contributed by atoms with Gasteiger partial charge in [-0.05, 0) is 31.4 Å². The molecule has 1 atom stereocenters. The summed E-state index contributed by atoms with van der Waals surface area (Å²) in [4.78, 5) is 12.9. The molecule has 1 saturated heterocycles. The van der Waals surface area contributed by atoms with Crippen LogP contribution in [0.2, 0.25) is 0 Å². The molecule has 1 aliphatic heterocycles. The highest BCUT2D eigenvalue weighted by molar-refractivity contribution is 5.70. The van der Waals surface area contributed by atoms with E-state index in [-0.39, 0.29) is 12.5 Å². The molecule has 20 heavy (non-hydrogen) atoms. The predicted molar refractivity (Wildman–Crippen MR) is 78.9 cm³/mol. The maximum absolute atomic E-state index is 10.8. The lowest BCUT2D eigenvalue weighted by molar-refractivity contribution is -0.136. The van der Waals surface area contributed by atoms with Gasteiger partial charge in [-0.15, -0.1) is 0 Å². The van der Waals surface area contributed by atoms with E-state index in [1.807, 2.05) is 29.2 Å². The number of carbonyl (C=O) groups is 1. The van der Waals surface area contributed by atoms with E-state index in [2.05, 4.69) is 0 Å². The summed E-state index contributed by atoms with van der Waals surface area (Å²) < 4.78 is 5.75. The Hall–Kier alpha value is -1.75. The summed E-state index contributed by atoms with van der Waals surface area (Å²) in [7, 11) is 0. The number of nitrogens with two attached hydrogens (primary N) is 1. The first kappa shape index (κ1) is 14.7. The van der Waals surface area contributed by atoms with Gasteiger partial charge in [0.15, 0.2) is 0 Å². The van der Waals surface area contributed by atoms with Crippen LogP contribution in [0.4, 0.5) is 11.4 Å². The van der Waals surface area contributed by atoms with Gasteiger partial charge in [0.2, 0.25) is 0 Å². The molecule has 2 rings (SSSR count). The van der Waals surface area contributed by atoms with Crippen molar-refractivity contribution in [2.24, 2.45) is 0 Å². The summed E-state index contributed by atoms with van der Waals surface area (Å²) in [5.74, 6) is -0.797. The molecule has 110 valence electrons. The van der Waals surface area contributed by atoms with Crippen molar-refractivity contribution in [1.82, 2.24) is 0 Å². The zero-order valence-corrected chi connectivity index (χ0v) is 11.6. The van der Waals surface area contributed by atoms with Crippen LogP contribution in [0.25, 0.3) is 0 Å². The van der Waals surface area contributed by atoms with E-state index >= 15 is 0 Å². The standard InChI is InChI=1S/C15H22N2O3/c16-13-6-1-2-7-14(13)17(9-8-15(18)19)11-12-5-3-4-10-20-12/h1-2,6-7,12H,3-5,8-11,16H2,(H,18,19). The molecule has 0 amide bonds. The van der Waals surface area contributed by atoms with Crippen LogP contribution in [0.1, 0.15) is 25.7 Å². The summed E-state index contributed by atoms with van der Waals surface area (Å²) in [6.45, 7) is 1.94. The minimum absolute atomic E-state index is 0.0983. The van der Waals surface area contributed by atoms with Crippen LogP contribution in [0, 0.1) is 0 Å². The number of aliphatic carboxylic acids is 1. The lowest BCUT2D eigenvalue weighted by Gasteiger charge is -2.31. The molecule has 1 aliphatic rings. The average molecular weight is 278 g/mol. The molecular weight excluding hydrogens is 256 g/mol. The van der Waals surface area contributed by atoms with E-state index in [1.165, 1.54) is 6.42 Å². The lowest BCUT2D eigenvalue weighted by Crippen LogP contribution is -2.37. The molecule has 1 aromatic carbocycles. The van der Waals surface area contributed by atoms with Gasteiger partial charge in [0.25, 0.3) is 0 Å². The maximum atomic E-state index is 10.8. The zero-order valence-electron chi connectivity index (χ0n) is 11.6. The maximum Gasteiger partial charge on any atom is 0.305 e.